The van der Waals surface area contributed by atoms with Crippen molar-refractivity contribution in [2.24, 2.45) is 0 Å². The Morgan fingerprint density at radius 3 is 2.62 bits per heavy atom. The summed E-state index contributed by atoms with van der Waals surface area (Å²) in [5, 5.41) is 10.4. The first kappa shape index (κ1) is 16.2. The van der Waals surface area contributed by atoms with Gasteiger partial charge in [0.05, 0.1) is 23.9 Å². The van der Waals surface area contributed by atoms with E-state index in [9.17, 15) is 14.3 Å². The molecule has 0 atom stereocenters. The second kappa shape index (κ2) is 6.09. The monoisotopic (exact) mass is 345 g/mol. The van der Waals surface area contributed by atoms with Crippen molar-refractivity contribution in [2.45, 2.75) is 6.92 Å². The van der Waals surface area contributed by atoms with Gasteiger partial charge in [-0.3, -0.25) is 0 Å². The summed E-state index contributed by atoms with van der Waals surface area (Å²) in [6.07, 6.45) is 0. The van der Waals surface area contributed by atoms with Crippen LogP contribution in [0.15, 0.2) is 36.4 Å². The standard InChI is InChI=1S/C18H13ClFNO3/c1-9-5-11(19)7-12-13(18(22)23)8-15(21-17(9)12)10-3-4-16(24-2)14(20)6-10/h3-8H,1-2H3,(H,22,23). The summed E-state index contributed by atoms with van der Waals surface area (Å²) in [4.78, 5) is 16.1. The minimum atomic E-state index is -1.10. The molecule has 0 aliphatic rings. The Labute approximate surface area is 142 Å². The second-order valence-electron chi connectivity index (χ2n) is 5.33. The molecule has 3 aromatic rings. The summed E-state index contributed by atoms with van der Waals surface area (Å²) >= 11 is 6.03. The number of nitrogens with zero attached hydrogens (tertiary/aromatic N) is 1. The van der Waals surface area contributed by atoms with Crippen molar-refractivity contribution < 1.29 is 19.0 Å². The maximum absolute atomic E-state index is 14.0. The maximum atomic E-state index is 14.0. The van der Waals surface area contributed by atoms with E-state index in [4.69, 9.17) is 16.3 Å². The number of ether oxygens (including phenoxy) is 1. The molecule has 0 saturated heterocycles. The third-order valence-corrected chi connectivity index (χ3v) is 3.96. The van der Waals surface area contributed by atoms with E-state index in [1.807, 2.05) is 0 Å². The Hall–Kier alpha value is -2.66. The summed E-state index contributed by atoms with van der Waals surface area (Å²) in [6.45, 7) is 1.80. The Kier molecular flexibility index (Phi) is 4.11. The molecule has 0 radical (unpaired) electrons. The Morgan fingerprint density at radius 1 is 1.25 bits per heavy atom. The lowest BCUT2D eigenvalue weighted by Crippen LogP contribution is -2.01. The zero-order chi connectivity index (χ0) is 17.4. The van der Waals surface area contributed by atoms with Gasteiger partial charge in [0.25, 0.3) is 0 Å². The predicted molar refractivity (Wildman–Crippen MR) is 90.4 cm³/mol. The lowest BCUT2D eigenvalue weighted by atomic mass is 10.0. The number of benzene rings is 2. The lowest BCUT2D eigenvalue weighted by Gasteiger charge is -2.10. The largest absolute Gasteiger partial charge is 0.494 e. The van der Waals surface area contributed by atoms with Gasteiger partial charge in [-0.15, -0.1) is 0 Å². The van der Waals surface area contributed by atoms with Gasteiger partial charge in [-0.05, 0) is 48.9 Å². The van der Waals surface area contributed by atoms with Gasteiger partial charge in [0.2, 0.25) is 0 Å². The Balaban J connectivity index is 2.30. The number of fused-ring (bicyclic) bond motifs is 1. The van der Waals surface area contributed by atoms with E-state index >= 15 is 0 Å². The molecule has 0 bridgehead atoms. The molecule has 24 heavy (non-hydrogen) atoms. The third-order valence-electron chi connectivity index (χ3n) is 3.75. The number of pyridine rings is 1. The van der Waals surface area contributed by atoms with Crippen LogP contribution in [0.2, 0.25) is 5.02 Å². The van der Waals surface area contributed by atoms with Crippen molar-refractivity contribution in [3.8, 4) is 17.0 Å². The molecule has 0 unspecified atom stereocenters. The van der Waals surface area contributed by atoms with Crippen molar-refractivity contribution in [1.82, 2.24) is 4.98 Å². The number of carboxylic acid groups (broad SMARTS) is 1. The third kappa shape index (κ3) is 2.78. The van der Waals surface area contributed by atoms with E-state index in [-0.39, 0.29) is 11.3 Å². The highest BCUT2D eigenvalue weighted by molar-refractivity contribution is 6.31. The van der Waals surface area contributed by atoms with Crippen LogP contribution in [0.4, 0.5) is 4.39 Å². The fourth-order valence-corrected chi connectivity index (χ4v) is 2.88. The van der Waals surface area contributed by atoms with Crippen LogP contribution in [-0.2, 0) is 0 Å². The number of hydrogen-bond acceptors (Lipinski definition) is 3. The summed E-state index contributed by atoms with van der Waals surface area (Å²) < 4.78 is 18.9. The normalized spacial score (nSPS) is 10.8. The van der Waals surface area contributed by atoms with Gasteiger partial charge in [-0.2, -0.15) is 0 Å². The lowest BCUT2D eigenvalue weighted by molar-refractivity contribution is 0.0699. The SMILES string of the molecule is COc1ccc(-c2cc(C(=O)O)c3cc(Cl)cc(C)c3n2)cc1F. The zero-order valence-corrected chi connectivity index (χ0v) is 13.7. The number of aromatic nitrogens is 1. The van der Waals surface area contributed by atoms with E-state index in [1.165, 1.54) is 25.3 Å². The van der Waals surface area contributed by atoms with Crippen LogP contribution in [0.1, 0.15) is 15.9 Å². The van der Waals surface area contributed by atoms with Crippen LogP contribution < -0.4 is 4.74 Å². The highest BCUT2D eigenvalue weighted by Gasteiger charge is 2.16. The van der Waals surface area contributed by atoms with Gasteiger partial charge in [0.1, 0.15) is 0 Å². The van der Waals surface area contributed by atoms with Crippen molar-refractivity contribution in [1.29, 1.82) is 0 Å². The van der Waals surface area contributed by atoms with Crippen LogP contribution in [0.3, 0.4) is 0 Å². The first-order valence-electron chi connectivity index (χ1n) is 7.09. The molecule has 2 aromatic carbocycles. The number of halogens is 2. The molecular weight excluding hydrogens is 333 g/mol. The number of methoxy groups -OCH3 is 1. The van der Waals surface area contributed by atoms with E-state index in [1.54, 1.807) is 25.1 Å². The quantitative estimate of drug-likeness (QED) is 0.746. The first-order valence-corrected chi connectivity index (χ1v) is 7.46. The summed E-state index contributed by atoms with van der Waals surface area (Å²) in [7, 11) is 1.38. The van der Waals surface area contributed by atoms with E-state index < -0.39 is 11.8 Å². The molecule has 1 heterocycles. The van der Waals surface area contributed by atoms with Crippen LogP contribution in [0, 0.1) is 12.7 Å². The van der Waals surface area contributed by atoms with Crippen molar-refractivity contribution in [2.75, 3.05) is 7.11 Å². The van der Waals surface area contributed by atoms with E-state index in [2.05, 4.69) is 4.98 Å². The first-order chi connectivity index (χ1) is 11.4. The van der Waals surface area contributed by atoms with Crippen LogP contribution in [-0.4, -0.2) is 23.2 Å². The van der Waals surface area contributed by atoms with Gasteiger partial charge in [0, 0.05) is 16.0 Å². The Morgan fingerprint density at radius 2 is 2.00 bits per heavy atom. The van der Waals surface area contributed by atoms with Crippen molar-refractivity contribution in [3.05, 3.63) is 58.4 Å². The molecule has 6 heteroatoms. The molecule has 0 spiro atoms. The highest BCUT2D eigenvalue weighted by atomic mass is 35.5. The smallest absolute Gasteiger partial charge is 0.336 e. The van der Waals surface area contributed by atoms with Crippen LogP contribution in [0.5, 0.6) is 5.75 Å². The van der Waals surface area contributed by atoms with Crippen LogP contribution in [0.25, 0.3) is 22.2 Å². The average Bonchev–Trinajstić information content (AvgIpc) is 2.53. The molecular formula is C18H13ClFNO3. The topological polar surface area (TPSA) is 59.4 Å². The van der Waals surface area contributed by atoms with Crippen LogP contribution >= 0.6 is 11.6 Å². The summed E-state index contributed by atoms with van der Waals surface area (Å²) in [5.41, 5.74) is 2.16. The van der Waals surface area contributed by atoms with Gasteiger partial charge in [0.15, 0.2) is 11.6 Å². The van der Waals surface area contributed by atoms with Gasteiger partial charge >= 0.3 is 5.97 Å². The zero-order valence-electron chi connectivity index (χ0n) is 12.9. The van der Waals surface area contributed by atoms with Crippen molar-refractivity contribution in [3.63, 3.8) is 0 Å². The molecule has 122 valence electrons. The molecule has 0 saturated carbocycles. The van der Waals surface area contributed by atoms with E-state index in [0.717, 1.165) is 5.56 Å². The van der Waals surface area contributed by atoms with E-state index in [0.29, 0.717) is 27.2 Å². The fourth-order valence-electron chi connectivity index (χ4n) is 2.61. The maximum Gasteiger partial charge on any atom is 0.336 e. The highest BCUT2D eigenvalue weighted by Crippen LogP contribution is 2.31. The molecule has 4 nitrogen and oxygen atoms in total. The second-order valence-corrected chi connectivity index (χ2v) is 5.76. The minimum absolute atomic E-state index is 0.0665. The minimum Gasteiger partial charge on any atom is -0.494 e. The molecule has 3 rings (SSSR count). The number of aromatic carboxylic acids is 1. The molecule has 1 N–H and O–H groups in total. The number of rotatable bonds is 3. The average molecular weight is 346 g/mol. The van der Waals surface area contributed by atoms with Crippen molar-refractivity contribution >= 4 is 28.5 Å². The summed E-state index contributed by atoms with van der Waals surface area (Å²) in [6, 6.07) is 9.07. The number of aryl methyl sites for hydroxylation is 1. The molecule has 1 aromatic heterocycles. The summed E-state index contributed by atoms with van der Waals surface area (Å²) in [5.74, 6) is -1.53. The number of carbonyl (C=O) groups is 1. The van der Waals surface area contributed by atoms with Gasteiger partial charge in [-0.1, -0.05) is 11.6 Å². The van der Waals surface area contributed by atoms with Gasteiger partial charge < -0.3 is 9.84 Å². The number of hydrogen-bond donors (Lipinski definition) is 1. The fraction of sp³-hybridized carbons (Fsp3) is 0.111. The number of carboxylic acids is 1. The Bertz CT molecular complexity index is 972. The molecule has 0 fully saturated rings. The molecule has 0 amide bonds. The molecule has 0 aliphatic carbocycles. The molecule has 0 aliphatic heterocycles. The van der Waals surface area contributed by atoms with Gasteiger partial charge in [-0.25, -0.2) is 14.2 Å². The predicted octanol–water partition coefficient (Wildman–Crippen LogP) is 4.71.